The summed E-state index contributed by atoms with van der Waals surface area (Å²) in [6.45, 7) is 9.98. The number of ether oxygens (including phenoxy) is 2. The lowest BCUT2D eigenvalue weighted by molar-refractivity contribution is -0.136. The number of rotatable bonds is 4. The van der Waals surface area contributed by atoms with Crippen LogP contribution in [0.2, 0.25) is 0 Å². The summed E-state index contributed by atoms with van der Waals surface area (Å²) in [6, 6.07) is 4.29. The van der Waals surface area contributed by atoms with Crippen LogP contribution in [-0.2, 0) is 6.18 Å². The minimum Gasteiger partial charge on any atom is -0.489 e. The Labute approximate surface area is 150 Å². The Balaban J connectivity index is 2.27. The van der Waals surface area contributed by atoms with Gasteiger partial charge in [-0.2, -0.15) is 13.2 Å². The third-order valence-corrected chi connectivity index (χ3v) is 4.18. The van der Waals surface area contributed by atoms with Gasteiger partial charge in [0.25, 0.3) is 0 Å². The van der Waals surface area contributed by atoms with Gasteiger partial charge in [0.1, 0.15) is 6.61 Å². The summed E-state index contributed by atoms with van der Waals surface area (Å²) < 4.78 is 52.4. The lowest BCUT2D eigenvalue weighted by Crippen LogP contribution is -2.41. The predicted molar refractivity (Wildman–Crippen MR) is 95.0 cm³/mol. The van der Waals surface area contributed by atoms with E-state index in [0.29, 0.717) is 18.8 Å². The molecule has 3 rings (SSSR count). The summed E-state index contributed by atoms with van der Waals surface area (Å²) in [5.74, 6) is 0.158. The second kappa shape index (κ2) is 6.70. The minimum absolute atomic E-state index is 0.0313. The van der Waals surface area contributed by atoms with Gasteiger partial charge < -0.3 is 14.4 Å². The molecule has 0 saturated carbocycles. The molecule has 2 heterocycles. The number of aromatic nitrogens is 1. The molecule has 1 aromatic heterocycles. The monoisotopic (exact) mass is 366 g/mol. The Morgan fingerprint density at radius 3 is 2.77 bits per heavy atom. The van der Waals surface area contributed by atoms with Crippen molar-refractivity contribution in [1.82, 2.24) is 4.98 Å². The Morgan fingerprint density at radius 2 is 2.15 bits per heavy atom. The van der Waals surface area contributed by atoms with Crippen LogP contribution in [0.15, 0.2) is 30.9 Å². The molecule has 0 bridgehead atoms. The number of hydrogen-bond donors (Lipinski definition) is 0. The quantitative estimate of drug-likeness (QED) is 0.727. The molecule has 0 radical (unpaired) electrons. The van der Waals surface area contributed by atoms with Crippen LogP contribution in [0.4, 0.5) is 18.9 Å². The van der Waals surface area contributed by atoms with Gasteiger partial charge in [-0.1, -0.05) is 6.08 Å². The van der Waals surface area contributed by atoms with Gasteiger partial charge in [-0.15, -0.1) is 6.58 Å². The number of nitrogens with zero attached hydrogens (tertiary/aromatic N) is 2. The van der Waals surface area contributed by atoms with Gasteiger partial charge in [0.05, 0.1) is 34.3 Å². The normalized spacial score (nSPS) is 17.2. The largest absolute Gasteiger partial charge is 0.489 e. The molecule has 7 heteroatoms. The Kier molecular flexibility index (Phi) is 4.73. The maximum atomic E-state index is 13.8. The number of halogens is 3. The van der Waals surface area contributed by atoms with Gasteiger partial charge in [-0.05, 0) is 32.9 Å². The van der Waals surface area contributed by atoms with E-state index in [1.807, 2.05) is 11.8 Å². The number of benzene rings is 1. The molecular formula is C19H21F3N2O2. The van der Waals surface area contributed by atoms with Crippen molar-refractivity contribution in [2.75, 3.05) is 18.1 Å². The standard InChI is InChI=1S/C19H21F3N2O2/c1-5-8-24-12(4)10-25-18-15(24)7-6-14-17(18)13(19(20,21)22)9-16(23-14)26-11(2)3/h5-7,9,11-12H,1,8,10H2,2-4H3. The first-order valence-electron chi connectivity index (χ1n) is 8.44. The maximum Gasteiger partial charge on any atom is 0.417 e. The lowest BCUT2D eigenvalue weighted by Gasteiger charge is -2.37. The number of fused-ring (bicyclic) bond motifs is 3. The molecule has 1 atom stereocenters. The van der Waals surface area contributed by atoms with E-state index in [2.05, 4.69) is 11.6 Å². The first-order chi connectivity index (χ1) is 12.2. The van der Waals surface area contributed by atoms with E-state index in [0.717, 1.165) is 6.07 Å². The van der Waals surface area contributed by atoms with Crippen molar-refractivity contribution in [2.45, 2.75) is 39.1 Å². The van der Waals surface area contributed by atoms with Crippen molar-refractivity contribution < 1.29 is 22.6 Å². The number of pyridine rings is 1. The maximum absolute atomic E-state index is 13.8. The highest BCUT2D eigenvalue weighted by Crippen LogP contribution is 2.46. The smallest absolute Gasteiger partial charge is 0.417 e. The van der Waals surface area contributed by atoms with E-state index in [9.17, 15) is 13.2 Å². The Morgan fingerprint density at radius 1 is 1.42 bits per heavy atom. The molecule has 0 spiro atoms. The zero-order valence-corrected chi connectivity index (χ0v) is 14.9. The highest BCUT2D eigenvalue weighted by atomic mass is 19.4. The first-order valence-corrected chi connectivity index (χ1v) is 8.44. The number of alkyl halides is 3. The van der Waals surface area contributed by atoms with Gasteiger partial charge in [-0.3, -0.25) is 0 Å². The second-order valence-corrected chi connectivity index (χ2v) is 6.58. The van der Waals surface area contributed by atoms with Crippen molar-refractivity contribution in [3.05, 3.63) is 36.4 Å². The van der Waals surface area contributed by atoms with Crippen molar-refractivity contribution >= 4 is 16.6 Å². The Bertz CT molecular complexity index is 834. The van der Waals surface area contributed by atoms with E-state index >= 15 is 0 Å². The van der Waals surface area contributed by atoms with Crippen LogP contribution in [0.1, 0.15) is 26.3 Å². The summed E-state index contributed by atoms with van der Waals surface area (Å²) in [7, 11) is 0. The molecule has 140 valence electrons. The van der Waals surface area contributed by atoms with E-state index in [1.165, 1.54) is 0 Å². The molecule has 0 amide bonds. The summed E-state index contributed by atoms with van der Waals surface area (Å²) in [4.78, 5) is 6.22. The molecular weight excluding hydrogens is 345 g/mol. The molecule has 1 aromatic carbocycles. The first kappa shape index (κ1) is 18.4. The van der Waals surface area contributed by atoms with Crippen molar-refractivity contribution in [3.63, 3.8) is 0 Å². The predicted octanol–water partition coefficient (Wildman–Crippen LogP) is 4.81. The van der Waals surface area contributed by atoms with E-state index < -0.39 is 11.7 Å². The van der Waals surface area contributed by atoms with Crippen LogP contribution in [0.3, 0.4) is 0 Å². The SMILES string of the molecule is C=CCN1c2ccc3nc(OC(C)C)cc(C(F)(F)F)c3c2OCC1C. The summed E-state index contributed by atoms with van der Waals surface area (Å²) >= 11 is 0. The fourth-order valence-corrected chi connectivity index (χ4v) is 3.11. The van der Waals surface area contributed by atoms with Crippen molar-refractivity contribution in [3.8, 4) is 11.6 Å². The molecule has 2 aromatic rings. The van der Waals surface area contributed by atoms with E-state index in [4.69, 9.17) is 9.47 Å². The van der Waals surface area contributed by atoms with E-state index in [-0.39, 0.29) is 34.7 Å². The van der Waals surface area contributed by atoms with E-state index in [1.54, 1.807) is 32.1 Å². The molecule has 0 N–H and O–H groups in total. The minimum atomic E-state index is -4.55. The third-order valence-electron chi connectivity index (χ3n) is 4.18. The van der Waals surface area contributed by atoms with Crippen molar-refractivity contribution in [1.29, 1.82) is 0 Å². The zero-order chi connectivity index (χ0) is 19.1. The van der Waals surface area contributed by atoms with Gasteiger partial charge in [0.15, 0.2) is 5.75 Å². The fourth-order valence-electron chi connectivity index (χ4n) is 3.11. The molecule has 0 saturated heterocycles. The van der Waals surface area contributed by atoms with Gasteiger partial charge >= 0.3 is 6.18 Å². The lowest BCUT2D eigenvalue weighted by atomic mass is 10.0. The van der Waals surface area contributed by atoms with Crippen LogP contribution in [0.5, 0.6) is 11.6 Å². The highest BCUT2D eigenvalue weighted by molar-refractivity contribution is 5.95. The molecule has 4 nitrogen and oxygen atoms in total. The average molecular weight is 366 g/mol. The molecule has 0 aliphatic carbocycles. The van der Waals surface area contributed by atoms with Gasteiger partial charge in [0.2, 0.25) is 5.88 Å². The number of anilines is 1. The molecule has 1 unspecified atom stereocenters. The van der Waals surface area contributed by atoms with Crippen LogP contribution in [-0.4, -0.2) is 30.3 Å². The molecule has 1 aliphatic heterocycles. The Hall–Kier alpha value is -2.44. The van der Waals surface area contributed by atoms with Crippen LogP contribution >= 0.6 is 0 Å². The van der Waals surface area contributed by atoms with Gasteiger partial charge in [0, 0.05) is 12.6 Å². The van der Waals surface area contributed by atoms with Crippen LogP contribution in [0, 0.1) is 0 Å². The van der Waals surface area contributed by atoms with Crippen LogP contribution < -0.4 is 14.4 Å². The highest BCUT2D eigenvalue weighted by Gasteiger charge is 2.37. The molecule has 26 heavy (non-hydrogen) atoms. The fraction of sp³-hybridized carbons (Fsp3) is 0.421. The average Bonchev–Trinajstić information content (AvgIpc) is 2.54. The number of hydrogen-bond acceptors (Lipinski definition) is 4. The summed E-state index contributed by atoms with van der Waals surface area (Å²) in [6.07, 6.45) is -3.11. The summed E-state index contributed by atoms with van der Waals surface area (Å²) in [5.41, 5.74) is 0.00594. The summed E-state index contributed by atoms with van der Waals surface area (Å²) in [5, 5.41) is -0.0351. The van der Waals surface area contributed by atoms with Crippen molar-refractivity contribution in [2.24, 2.45) is 0 Å². The van der Waals surface area contributed by atoms with Crippen LogP contribution in [0.25, 0.3) is 10.9 Å². The molecule has 0 fully saturated rings. The zero-order valence-electron chi connectivity index (χ0n) is 14.9. The topological polar surface area (TPSA) is 34.6 Å². The second-order valence-electron chi connectivity index (χ2n) is 6.58. The third kappa shape index (κ3) is 3.30. The van der Waals surface area contributed by atoms with Gasteiger partial charge in [-0.25, -0.2) is 4.98 Å². The molecule has 1 aliphatic rings.